The van der Waals surface area contributed by atoms with Gasteiger partial charge in [-0.1, -0.05) is 35.9 Å². The second-order valence-electron chi connectivity index (χ2n) is 9.51. The highest BCUT2D eigenvalue weighted by Crippen LogP contribution is 2.36. The largest absolute Gasteiger partial charge is 0.389 e. The summed E-state index contributed by atoms with van der Waals surface area (Å²) in [5.41, 5.74) is -0.0282. The molecule has 4 amide bonds. The predicted octanol–water partition coefficient (Wildman–Crippen LogP) is -0.877. The van der Waals surface area contributed by atoms with Crippen molar-refractivity contribution in [1.29, 1.82) is 0 Å². The molecule has 36 heavy (non-hydrogen) atoms. The molecule has 2 aromatic carbocycles. The summed E-state index contributed by atoms with van der Waals surface area (Å²) < 4.78 is 29.9. The molecule has 0 bridgehead atoms. The molecule has 4 rings (SSSR count). The molecular weight excluding hydrogens is 487 g/mol. The maximum absolute atomic E-state index is 14.9. The van der Waals surface area contributed by atoms with E-state index in [4.69, 9.17) is 11.6 Å². The third kappa shape index (κ3) is 4.13. The summed E-state index contributed by atoms with van der Waals surface area (Å²) in [5.74, 6) is -6.91. The van der Waals surface area contributed by atoms with Gasteiger partial charge in [0.2, 0.25) is 27.8 Å². The van der Waals surface area contributed by atoms with Crippen LogP contribution in [0.1, 0.15) is 45.8 Å². The van der Waals surface area contributed by atoms with Crippen molar-refractivity contribution in [1.82, 2.24) is 14.5 Å². The molecule has 0 radical (unpaired) electrons. The Morgan fingerprint density at radius 3 is 2.42 bits per heavy atom. The Morgan fingerprint density at radius 1 is 1.14 bits per heavy atom. The van der Waals surface area contributed by atoms with Crippen molar-refractivity contribution >= 4 is 66.9 Å². The minimum Gasteiger partial charge on any atom is -0.389 e. The van der Waals surface area contributed by atoms with Crippen LogP contribution in [0.5, 0.6) is 0 Å². The highest BCUT2D eigenvalue weighted by atomic mass is 35.5. The molecule has 2 aliphatic rings. The van der Waals surface area contributed by atoms with Gasteiger partial charge in [-0.05, 0) is 35.7 Å². The number of carbonyl (C=O) groups excluding carboxylic acids is 4. The average Bonchev–Trinajstić information content (AvgIpc) is 3.20. The monoisotopic (exact) mass is 509 g/mol. The van der Waals surface area contributed by atoms with Crippen LogP contribution in [0.15, 0.2) is 42.5 Å². The molecule has 182 valence electrons. The van der Waals surface area contributed by atoms with Gasteiger partial charge < -0.3 is 14.5 Å². The molecule has 0 N–H and O–H groups in total. The molecule has 0 aromatic heterocycles. The number of nitrogens with zero attached hydrogens (tertiary/aromatic N) is 3. The molecule has 14 heteroatoms. The fourth-order valence-electron chi connectivity index (χ4n) is 4.75. The third-order valence-corrected chi connectivity index (χ3v) is 7.61. The van der Waals surface area contributed by atoms with E-state index in [1.54, 1.807) is 33.9 Å². The average molecular weight is 509 g/mol. The first-order chi connectivity index (χ1) is 16.8. The lowest BCUT2D eigenvalue weighted by atomic mass is 9.68. The smallest absolute Gasteiger partial charge is 0.348 e. The molecule has 1 fully saturated rings. The lowest BCUT2D eigenvalue weighted by molar-refractivity contribution is -0.154. The highest BCUT2D eigenvalue weighted by molar-refractivity contribution is 6.38. The van der Waals surface area contributed by atoms with Gasteiger partial charge in [0.25, 0.3) is 11.8 Å². The molecule has 2 aliphatic heterocycles. The van der Waals surface area contributed by atoms with Crippen LogP contribution in [0.25, 0.3) is 0 Å². The Kier molecular flexibility index (Phi) is 6.58. The number of rotatable bonds is 5. The van der Waals surface area contributed by atoms with E-state index in [2.05, 4.69) is 0 Å². The van der Waals surface area contributed by atoms with Crippen molar-refractivity contribution in [3.8, 4) is 0 Å². The third-order valence-electron chi connectivity index (χ3n) is 7.35. The number of carbonyl (C=O) groups is 4. The van der Waals surface area contributed by atoms with Crippen molar-refractivity contribution in [2.45, 2.75) is 36.7 Å². The van der Waals surface area contributed by atoms with E-state index in [1.807, 2.05) is 0 Å². The number of benzene rings is 2. The van der Waals surface area contributed by atoms with Crippen LogP contribution >= 0.6 is 11.6 Å². The number of fused-ring (bicyclic) bond motifs is 1. The van der Waals surface area contributed by atoms with E-state index in [1.165, 1.54) is 33.0 Å². The Morgan fingerprint density at radius 2 is 1.78 bits per heavy atom. The summed E-state index contributed by atoms with van der Waals surface area (Å²) in [7, 11) is 5.98. The van der Waals surface area contributed by atoms with Crippen LogP contribution < -0.4 is 0 Å². The second-order valence-corrected chi connectivity index (χ2v) is 9.95. The Bertz CT molecular complexity index is 1280. The van der Waals surface area contributed by atoms with Gasteiger partial charge in [-0.2, -0.15) is 8.78 Å². The summed E-state index contributed by atoms with van der Waals surface area (Å²) in [4.78, 5) is 54.2. The highest BCUT2D eigenvalue weighted by Gasteiger charge is 2.50. The van der Waals surface area contributed by atoms with Gasteiger partial charge in [-0.3, -0.25) is 19.2 Å². The number of alkyl halides is 2. The van der Waals surface area contributed by atoms with E-state index in [9.17, 15) is 28.0 Å². The zero-order valence-electron chi connectivity index (χ0n) is 20.3. The minimum atomic E-state index is -3.75. The molecule has 0 spiro atoms. The summed E-state index contributed by atoms with van der Waals surface area (Å²) in [6.07, 6.45) is 0.366. The second kappa shape index (κ2) is 9.10. The summed E-state index contributed by atoms with van der Waals surface area (Å²) >= 11 is 5.78. The van der Waals surface area contributed by atoms with Crippen LogP contribution in [-0.4, -0.2) is 75.2 Å². The fraction of sp³-hybridized carbons (Fsp3) is 0.273. The maximum Gasteiger partial charge on any atom is 0.348 e. The topological polar surface area (TPSA) is 78.0 Å². The van der Waals surface area contributed by atoms with Gasteiger partial charge in [0.05, 0.1) is 5.44 Å². The van der Waals surface area contributed by atoms with Gasteiger partial charge in [-0.25, -0.2) is 0 Å². The number of amides is 4. The SMILES string of the molecule is BC(c1ccc2c(c1)CN([C@@]1(B)CCC(=O)N(B)C1=O)C2=O)N(B)C(=O)C(F)(F)c1ccc(Cl)cc1. The normalized spacial score (nSPS) is 20.9. The van der Waals surface area contributed by atoms with Crippen molar-refractivity contribution in [3.05, 3.63) is 69.7 Å². The molecular formula is C22H22B4ClF2N3O4. The number of halogens is 3. The van der Waals surface area contributed by atoms with E-state index in [-0.39, 0.29) is 36.2 Å². The molecule has 2 aromatic rings. The first-order valence-corrected chi connectivity index (χ1v) is 11.8. The quantitative estimate of drug-likeness (QED) is 0.388. The van der Waals surface area contributed by atoms with E-state index in [0.717, 1.165) is 21.8 Å². The van der Waals surface area contributed by atoms with Gasteiger partial charge >= 0.3 is 5.92 Å². The van der Waals surface area contributed by atoms with Crippen molar-refractivity contribution < 1.29 is 28.0 Å². The van der Waals surface area contributed by atoms with Gasteiger partial charge in [-0.15, -0.1) is 0 Å². The molecule has 0 saturated carbocycles. The zero-order chi connectivity index (χ0) is 26.6. The minimum absolute atomic E-state index is 0.137. The molecule has 2 heterocycles. The van der Waals surface area contributed by atoms with Gasteiger partial charge in [0.1, 0.15) is 15.7 Å². The summed E-state index contributed by atoms with van der Waals surface area (Å²) in [6, 6.07) is 9.75. The number of hydrogen-bond donors (Lipinski definition) is 0. The predicted molar refractivity (Wildman–Crippen MR) is 139 cm³/mol. The summed E-state index contributed by atoms with van der Waals surface area (Å²) in [5, 5.41) is 0.285. The van der Waals surface area contributed by atoms with Crippen LogP contribution in [0.4, 0.5) is 8.78 Å². The van der Waals surface area contributed by atoms with Crippen LogP contribution in [0.3, 0.4) is 0 Å². The van der Waals surface area contributed by atoms with Crippen LogP contribution in [0, 0.1) is 0 Å². The van der Waals surface area contributed by atoms with Gasteiger partial charge in [0, 0.05) is 35.1 Å². The molecule has 2 atom stereocenters. The number of imide groups is 1. The van der Waals surface area contributed by atoms with Crippen molar-refractivity contribution in [2.75, 3.05) is 0 Å². The van der Waals surface area contributed by atoms with Crippen LogP contribution in [-0.2, 0) is 26.9 Å². The fourth-order valence-corrected chi connectivity index (χ4v) is 4.88. The molecule has 0 aliphatic carbocycles. The first-order valence-electron chi connectivity index (χ1n) is 11.5. The van der Waals surface area contributed by atoms with Crippen LogP contribution in [0.2, 0.25) is 5.02 Å². The lowest BCUT2D eigenvalue weighted by Gasteiger charge is -2.43. The molecule has 1 unspecified atom stereocenters. The Balaban J connectivity index is 1.56. The summed E-state index contributed by atoms with van der Waals surface area (Å²) in [6.45, 7) is 0.137. The number of piperidine rings is 1. The first kappa shape index (κ1) is 26.0. The van der Waals surface area contributed by atoms with Crippen molar-refractivity contribution in [2.24, 2.45) is 0 Å². The standard InChI is InChI=1S/C22H22B4ClF2N3O4/c23-17(32(26)20(36)22(28,29)13-2-4-14(27)5-3-13)11-1-6-15-12(9-11)10-30(18(15)34)21(24)8-7-16(33)31(25)19(21)35/h1-6,9,17H,7-8,10,23-26H2/t17?,21-/m0/s1. The van der Waals surface area contributed by atoms with E-state index in [0.29, 0.717) is 16.7 Å². The lowest BCUT2D eigenvalue weighted by Crippen LogP contribution is -2.64. The molecule has 1 saturated heterocycles. The molecule has 7 nitrogen and oxygen atoms in total. The zero-order valence-corrected chi connectivity index (χ0v) is 21.1. The number of hydrogen-bond acceptors (Lipinski definition) is 4. The van der Waals surface area contributed by atoms with E-state index >= 15 is 0 Å². The van der Waals surface area contributed by atoms with Crippen molar-refractivity contribution in [3.63, 3.8) is 0 Å². The van der Waals surface area contributed by atoms with E-state index < -0.39 is 34.7 Å². The maximum atomic E-state index is 14.9. The Labute approximate surface area is 215 Å². The van der Waals surface area contributed by atoms with Gasteiger partial charge in [0.15, 0.2) is 0 Å². The Hall–Kier alpha value is -3.07.